The van der Waals surface area contributed by atoms with E-state index in [1.807, 2.05) is 0 Å². The van der Waals surface area contributed by atoms with Crippen molar-refractivity contribution >= 4 is 17.3 Å². The summed E-state index contributed by atoms with van der Waals surface area (Å²) in [6.07, 6.45) is 0.800. The van der Waals surface area contributed by atoms with E-state index >= 15 is 0 Å². The van der Waals surface area contributed by atoms with Crippen LogP contribution in [0.3, 0.4) is 0 Å². The van der Waals surface area contributed by atoms with Gasteiger partial charge < -0.3 is 19.9 Å². The molecule has 0 atom stereocenters. The zero-order valence-corrected chi connectivity index (χ0v) is 10.7. The van der Waals surface area contributed by atoms with Gasteiger partial charge in [0.25, 0.3) is 0 Å². The number of halogens is 1. The SMILES string of the molecule is COCCOCCCOc1cc(N)ccc1Cl. The lowest BCUT2D eigenvalue weighted by atomic mass is 10.3. The standard InChI is InChI=1S/C12H18ClNO3/c1-15-7-8-16-5-2-6-17-12-9-10(14)3-4-11(12)13/h3-4,9H,2,5-8,14H2,1H3. The van der Waals surface area contributed by atoms with Gasteiger partial charge in [-0.25, -0.2) is 0 Å². The first-order chi connectivity index (χ1) is 8.24. The first kappa shape index (κ1) is 14.1. The molecule has 17 heavy (non-hydrogen) atoms. The van der Waals surface area contributed by atoms with Crippen LogP contribution in [0.2, 0.25) is 5.02 Å². The Morgan fingerprint density at radius 2 is 2.00 bits per heavy atom. The van der Waals surface area contributed by atoms with Crippen LogP contribution in [0, 0.1) is 0 Å². The number of benzene rings is 1. The van der Waals surface area contributed by atoms with Gasteiger partial charge in [-0.15, -0.1) is 0 Å². The molecule has 0 saturated carbocycles. The summed E-state index contributed by atoms with van der Waals surface area (Å²) in [4.78, 5) is 0. The maximum Gasteiger partial charge on any atom is 0.139 e. The van der Waals surface area contributed by atoms with E-state index in [2.05, 4.69) is 0 Å². The molecule has 1 aromatic carbocycles. The van der Waals surface area contributed by atoms with Crippen molar-refractivity contribution < 1.29 is 14.2 Å². The maximum atomic E-state index is 5.95. The highest BCUT2D eigenvalue weighted by molar-refractivity contribution is 6.32. The zero-order chi connectivity index (χ0) is 12.5. The van der Waals surface area contributed by atoms with E-state index in [0.29, 0.717) is 42.9 Å². The second-order valence-corrected chi connectivity index (χ2v) is 3.90. The molecular formula is C12H18ClNO3. The van der Waals surface area contributed by atoms with Crippen LogP contribution in [0.1, 0.15) is 6.42 Å². The van der Waals surface area contributed by atoms with Crippen LogP contribution < -0.4 is 10.5 Å². The van der Waals surface area contributed by atoms with Crippen LogP contribution in [0.5, 0.6) is 5.75 Å². The Kier molecular flexibility index (Phi) is 6.77. The number of nitrogen functional groups attached to an aromatic ring is 1. The summed E-state index contributed by atoms with van der Waals surface area (Å²) in [5.74, 6) is 0.614. The zero-order valence-electron chi connectivity index (χ0n) is 9.95. The number of methoxy groups -OCH3 is 1. The number of ether oxygens (including phenoxy) is 3. The molecule has 0 amide bonds. The van der Waals surface area contributed by atoms with E-state index in [4.69, 9.17) is 31.5 Å². The summed E-state index contributed by atoms with van der Waals surface area (Å²) in [7, 11) is 1.65. The van der Waals surface area contributed by atoms with Crippen molar-refractivity contribution in [3.63, 3.8) is 0 Å². The van der Waals surface area contributed by atoms with Crippen molar-refractivity contribution in [2.45, 2.75) is 6.42 Å². The van der Waals surface area contributed by atoms with E-state index in [-0.39, 0.29) is 0 Å². The summed E-state index contributed by atoms with van der Waals surface area (Å²) < 4.78 is 15.7. The third-order valence-corrected chi connectivity index (χ3v) is 2.39. The van der Waals surface area contributed by atoms with Crippen LogP contribution >= 0.6 is 11.6 Å². The van der Waals surface area contributed by atoms with E-state index in [1.165, 1.54) is 0 Å². The van der Waals surface area contributed by atoms with E-state index < -0.39 is 0 Å². The molecule has 5 heteroatoms. The van der Waals surface area contributed by atoms with Crippen LogP contribution in [-0.4, -0.2) is 33.5 Å². The maximum absolute atomic E-state index is 5.95. The van der Waals surface area contributed by atoms with Gasteiger partial charge in [-0.1, -0.05) is 11.6 Å². The highest BCUT2D eigenvalue weighted by atomic mass is 35.5. The van der Waals surface area contributed by atoms with Crippen LogP contribution in [0.15, 0.2) is 18.2 Å². The van der Waals surface area contributed by atoms with Crippen molar-refractivity contribution in [1.82, 2.24) is 0 Å². The van der Waals surface area contributed by atoms with Gasteiger partial charge in [0.1, 0.15) is 5.75 Å². The molecule has 0 aliphatic carbocycles. The third-order valence-electron chi connectivity index (χ3n) is 2.08. The molecule has 1 rings (SSSR count). The Balaban J connectivity index is 2.15. The highest BCUT2D eigenvalue weighted by Gasteiger charge is 2.01. The second kappa shape index (κ2) is 8.17. The number of anilines is 1. The van der Waals surface area contributed by atoms with Gasteiger partial charge in [-0.2, -0.15) is 0 Å². The molecule has 0 spiro atoms. The fraction of sp³-hybridized carbons (Fsp3) is 0.500. The quantitative estimate of drug-likeness (QED) is 0.575. The van der Waals surface area contributed by atoms with Gasteiger partial charge in [-0.3, -0.25) is 0 Å². The average Bonchev–Trinajstić information content (AvgIpc) is 2.32. The topological polar surface area (TPSA) is 53.7 Å². The molecule has 0 aromatic heterocycles. The summed E-state index contributed by atoms with van der Waals surface area (Å²) in [5.41, 5.74) is 6.28. The molecule has 0 radical (unpaired) electrons. The molecule has 0 fully saturated rings. The fourth-order valence-corrected chi connectivity index (χ4v) is 1.39. The Bertz CT molecular complexity index is 334. The lowest BCUT2D eigenvalue weighted by Gasteiger charge is -2.09. The monoisotopic (exact) mass is 259 g/mol. The summed E-state index contributed by atoms with van der Waals surface area (Å²) >= 11 is 5.95. The predicted molar refractivity (Wildman–Crippen MR) is 68.7 cm³/mol. The Morgan fingerprint density at radius 3 is 2.76 bits per heavy atom. The summed E-state index contributed by atoms with van der Waals surface area (Å²) in [5, 5.41) is 0.569. The molecule has 0 unspecified atom stereocenters. The van der Waals surface area contributed by atoms with E-state index in [9.17, 15) is 0 Å². The molecule has 1 aromatic rings. The molecule has 0 bridgehead atoms. The van der Waals surface area contributed by atoms with Crippen molar-refractivity contribution in [3.8, 4) is 5.75 Å². The Morgan fingerprint density at radius 1 is 1.18 bits per heavy atom. The minimum atomic E-state index is 0.552. The second-order valence-electron chi connectivity index (χ2n) is 3.50. The van der Waals surface area contributed by atoms with Gasteiger partial charge >= 0.3 is 0 Å². The minimum absolute atomic E-state index is 0.552. The van der Waals surface area contributed by atoms with Gasteiger partial charge in [0, 0.05) is 31.9 Å². The number of nitrogens with two attached hydrogens (primary N) is 1. The van der Waals surface area contributed by atoms with Crippen molar-refractivity contribution in [1.29, 1.82) is 0 Å². The molecule has 0 aliphatic heterocycles. The van der Waals surface area contributed by atoms with Crippen LogP contribution in [0.25, 0.3) is 0 Å². The third kappa shape index (κ3) is 5.77. The lowest BCUT2D eigenvalue weighted by molar-refractivity contribution is 0.0644. The van der Waals surface area contributed by atoms with E-state index in [1.54, 1.807) is 25.3 Å². The lowest BCUT2D eigenvalue weighted by Crippen LogP contribution is -2.07. The summed E-state index contributed by atoms with van der Waals surface area (Å²) in [6, 6.07) is 5.18. The highest BCUT2D eigenvalue weighted by Crippen LogP contribution is 2.26. The fourth-order valence-electron chi connectivity index (χ4n) is 1.22. The molecule has 4 nitrogen and oxygen atoms in total. The Hall–Kier alpha value is -0.970. The summed E-state index contributed by atoms with van der Waals surface area (Å²) in [6.45, 7) is 2.41. The normalized spacial score (nSPS) is 10.5. The predicted octanol–water partition coefficient (Wildman–Crippen LogP) is 2.35. The van der Waals surface area contributed by atoms with Crippen LogP contribution in [-0.2, 0) is 9.47 Å². The molecule has 0 saturated heterocycles. The van der Waals surface area contributed by atoms with Crippen molar-refractivity contribution in [2.75, 3.05) is 39.3 Å². The number of hydrogen-bond donors (Lipinski definition) is 1. The minimum Gasteiger partial charge on any atom is -0.492 e. The van der Waals surface area contributed by atoms with Gasteiger partial charge in [0.2, 0.25) is 0 Å². The van der Waals surface area contributed by atoms with Crippen molar-refractivity contribution in [3.05, 3.63) is 23.2 Å². The van der Waals surface area contributed by atoms with Gasteiger partial charge in [0.15, 0.2) is 0 Å². The number of rotatable bonds is 8. The molecule has 2 N–H and O–H groups in total. The van der Waals surface area contributed by atoms with Gasteiger partial charge in [0.05, 0.1) is 24.8 Å². The first-order valence-electron chi connectivity index (χ1n) is 5.48. The van der Waals surface area contributed by atoms with Crippen LogP contribution in [0.4, 0.5) is 5.69 Å². The van der Waals surface area contributed by atoms with E-state index in [0.717, 1.165) is 6.42 Å². The number of hydrogen-bond acceptors (Lipinski definition) is 4. The molecule has 0 heterocycles. The smallest absolute Gasteiger partial charge is 0.139 e. The first-order valence-corrected chi connectivity index (χ1v) is 5.86. The average molecular weight is 260 g/mol. The Labute approximate surface area is 107 Å². The van der Waals surface area contributed by atoms with Crippen molar-refractivity contribution in [2.24, 2.45) is 0 Å². The molecule has 96 valence electrons. The molecule has 0 aliphatic rings. The largest absolute Gasteiger partial charge is 0.492 e. The molecular weight excluding hydrogens is 242 g/mol. The van der Waals surface area contributed by atoms with Gasteiger partial charge in [-0.05, 0) is 12.1 Å².